The van der Waals surface area contributed by atoms with Gasteiger partial charge >= 0.3 is 0 Å². The molecule has 2 aromatic heterocycles. The van der Waals surface area contributed by atoms with Crippen molar-refractivity contribution in [2.75, 3.05) is 4.90 Å². The Hall–Kier alpha value is -8.40. The standard InChI is InChI=1S/C60H40N2O/c1-2-19-41(20-3-1)44-21-6-12-31-54(44)61(43-39-37-42(38-40-43)45-29-18-30-53-52-28-11-17-36-59(52)63-60(45)53)55-32-13-7-24-48(55)46-22-4-5-23-47(46)49-25-8-14-33-56(49)62-57-34-15-9-26-50(57)51-27-10-16-35-58(51)62/h1-40H. The topological polar surface area (TPSA) is 21.3 Å². The van der Waals surface area contributed by atoms with Crippen LogP contribution in [-0.2, 0) is 0 Å². The molecule has 10 aromatic carbocycles. The van der Waals surface area contributed by atoms with Crippen LogP contribution in [0.2, 0.25) is 0 Å². The number of rotatable bonds is 8. The molecule has 0 saturated carbocycles. The second kappa shape index (κ2) is 15.3. The Balaban J connectivity index is 1.05. The summed E-state index contributed by atoms with van der Waals surface area (Å²) in [5.74, 6) is 0. The third-order valence-corrected chi connectivity index (χ3v) is 12.4. The van der Waals surface area contributed by atoms with Gasteiger partial charge in [0, 0.05) is 49.5 Å². The van der Waals surface area contributed by atoms with E-state index >= 15 is 0 Å². The van der Waals surface area contributed by atoms with Gasteiger partial charge in [0.1, 0.15) is 11.2 Å². The van der Waals surface area contributed by atoms with Crippen LogP contribution in [0.15, 0.2) is 247 Å². The maximum absolute atomic E-state index is 6.49. The number of nitrogens with zero attached hydrogens (tertiary/aromatic N) is 2. The maximum atomic E-state index is 6.49. The summed E-state index contributed by atoms with van der Waals surface area (Å²) in [5, 5.41) is 4.74. The van der Waals surface area contributed by atoms with Crippen LogP contribution in [0.1, 0.15) is 0 Å². The van der Waals surface area contributed by atoms with E-state index in [9.17, 15) is 0 Å². The molecule has 3 nitrogen and oxygen atoms in total. The minimum atomic E-state index is 0.898. The van der Waals surface area contributed by atoms with E-state index in [0.29, 0.717) is 0 Å². The SMILES string of the molecule is c1ccc(-c2ccccc2N(c2ccc(-c3cccc4c3oc3ccccc34)cc2)c2ccccc2-c2ccccc2-c2ccccc2-n2c3ccccc3c3ccccc32)cc1. The van der Waals surface area contributed by atoms with E-state index in [2.05, 4.69) is 240 Å². The number of anilines is 3. The summed E-state index contributed by atoms with van der Waals surface area (Å²) in [6, 6.07) is 87.1. The van der Waals surface area contributed by atoms with Crippen LogP contribution in [0.3, 0.4) is 0 Å². The number of para-hydroxylation sites is 7. The highest BCUT2D eigenvalue weighted by Crippen LogP contribution is 2.48. The van der Waals surface area contributed by atoms with Gasteiger partial charge in [0.2, 0.25) is 0 Å². The molecule has 0 bridgehead atoms. The number of furan rings is 1. The molecule has 0 fully saturated rings. The average Bonchev–Trinajstić information content (AvgIpc) is 3.91. The van der Waals surface area contributed by atoms with Crippen LogP contribution >= 0.6 is 0 Å². The van der Waals surface area contributed by atoms with Crippen molar-refractivity contribution in [3.05, 3.63) is 243 Å². The zero-order valence-corrected chi connectivity index (χ0v) is 34.4. The van der Waals surface area contributed by atoms with Gasteiger partial charge in [-0.15, -0.1) is 0 Å². The number of fused-ring (bicyclic) bond motifs is 6. The molecule has 2 heterocycles. The van der Waals surface area contributed by atoms with Gasteiger partial charge in [-0.05, 0) is 70.8 Å². The van der Waals surface area contributed by atoms with Gasteiger partial charge in [0.25, 0.3) is 0 Å². The Morgan fingerprint density at radius 3 is 1.49 bits per heavy atom. The first-order valence-corrected chi connectivity index (χ1v) is 21.5. The Morgan fingerprint density at radius 2 is 0.778 bits per heavy atom. The van der Waals surface area contributed by atoms with Crippen molar-refractivity contribution in [1.29, 1.82) is 0 Å². The van der Waals surface area contributed by atoms with Crippen molar-refractivity contribution in [2.24, 2.45) is 0 Å². The molecular weight excluding hydrogens is 765 g/mol. The van der Waals surface area contributed by atoms with E-state index in [4.69, 9.17) is 4.42 Å². The molecule has 0 radical (unpaired) electrons. The summed E-state index contributed by atoms with van der Waals surface area (Å²) in [4.78, 5) is 2.43. The second-order valence-electron chi connectivity index (χ2n) is 16.0. The molecule has 3 heteroatoms. The first-order valence-electron chi connectivity index (χ1n) is 21.5. The largest absolute Gasteiger partial charge is 0.455 e. The van der Waals surface area contributed by atoms with Crippen LogP contribution < -0.4 is 4.90 Å². The number of hydrogen-bond acceptors (Lipinski definition) is 2. The Labute approximate surface area is 366 Å². The highest BCUT2D eigenvalue weighted by molar-refractivity contribution is 6.11. The molecular formula is C60H40N2O. The maximum Gasteiger partial charge on any atom is 0.143 e. The lowest BCUT2D eigenvalue weighted by Crippen LogP contribution is -2.12. The van der Waals surface area contributed by atoms with Gasteiger partial charge < -0.3 is 13.9 Å². The Morgan fingerprint density at radius 1 is 0.302 bits per heavy atom. The van der Waals surface area contributed by atoms with Gasteiger partial charge in [-0.3, -0.25) is 0 Å². The van der Waals surface area contributed by atoms with E-state index in [1.165, 1.54) is 21.8 Å². The highest BCUT2D eigenvalue weighted by Gasteiger charge is 2.23. The van der Waals surface area contributed by atoms with Crippen molar-refractivity contribution in [3.8, 4) is 50.2 Å². The third kappa shape index (κ3) is 6.13. The van der Waals surface area contributed by atoms with Crippen molar-refractivity contribution in [3.63, 3.8) is 0 Å². The molecule has 0 N–H and O–H groups in total. The molecule has 296 valence electrons. The lowest BCUT2D eigenvalue weighted by molar-refractivity contribution is 0.670. The minimum Gasteiger partial charge on any atom is -0.455 e. The molecule has 0 unspecified atom stereocenters. The van der Waals surface area contributed by atoms with Gasteiger partial charge in [0.05, 0.1) is 28.1 Å². The van der Waals surface area contributed by atoms with Gasteiger partial charge in [-0.2, -0.15) is 0 Å². The van der Waals surface area contributed by atoms with Crippen LogP contribution in [0, 0.1) is 0 Å². The summed E-state index contributed by atoms with van der Waals surface area (Å²) in [6.07, 6.45) is 0. The average molecular weight is 805 g/mol. The lowest BCUT2D eigenvalue weighted by Gasteiger charge is -2.30. The minimum absolute atomic E-state index is 0.898. The summed E-state index contributed by atoms with van der Waals surface area (Å²) in [5.41, 5.74) is 17.6. The molecule has 0 aliphatic heterocycles. The van der Waals surface area contributed by atoms with E-state index in [0.717, 1.165) is 89.2 Å². The van der Waals surface area contributed by atoms with E-state index < -0.39 is 0 Å². The van der Waals surface area contributed by atoms with E-state index in [-0.39, 0.29) is 0 Å². The fraction of sp³-hybridized carbons (Fsp3) is 0. The number of aromatic nitrogens is 1. The molecule has 0 aliphatic rings. The monoisotopic (exact) mass is 804 g/mol. The van der Waals surface area contributed by atoms with Crippen LogP contribution in [-0.4, -0.2) is 4.57 Å². The molecule has 0 saturated heterocycles. The molecule has 63 heavy (non-hydrogen) atoms. The fourth-order valence-electron chi connectivity index (χ4n) is 9.63. The van der Waals surface area contributed by atoms with Crippen LogP contribution in [0.25, 0.3) is 93.9 Å². The third-order valence-electron chi connectivity index (χ3n) is 12.4. The zero-order chi connectivity index (χ0) is 41.7. The number of benzene rings is 10. The molecule has 12 rings (SSSR count). The summed E-state index contributed by atoms with van der Waals surface area (Å²) >= 11 is 0. The molecule has 0 aliphatic carbocycles. The van der Waals surface area contributed by atoms with Gasteiger partial charge in [0.15, 0.2) is 0 Å². The lowest BCUT2D eigenvalue weighted by atomic mass is 9.91. The van der Waals surface area contributed by atoms with Crippen LogP contribution in [0.4, 0.5) is 17.1 Å². The quantitative estimate of drug-likeness (QED) is 0.153. The fourth-order valence-corrected chi connectivity index (χ4v) is 9.63. The van der Waals surface area contributed by atoms with Crippen molar-refractivity contribution in [1.82, 2.24) is 4.57 Å². The highest BCUT2D eigenvalue weighted by atomic mass is 16.3. The van der Waals surface area contributed by atoms with Crippen molar-refractivity contribution < 1.29 is 4.42 Å². The molecule has 12 aromatic rings. The van der Waals surface area contributed by atoms with Crippen LogP contribution in [0.5, 0.6) is 0 Å². The summed E-state index contributed by atoms with van der Waals surface area (Å²) in [6.45, 7) is 0. The molecule has 0 spiro atoms. The first-order chi connectivity index (χ1) is 31.3. The predicted molar refractivity (Wildman–Crippen MR) is 264 cm³/mol. The summed E-state index contributed by atoms with van der Waals surface area (Å²) in [7, 11) is 0. The van der Waals surface area contributed by atoms with Crippen molar-refractivity contribution >= 4 is 60.8 Å². The Kier molecular flexibility index (Phi) is 8.83. The first kappa shape index (κ1) is 36.5. The zero-order valence-electron chi connectivity index (χ0n) is 34.4. The normalized spacial score (nSPS) is 11.5. The Bertz CT molecular complexity index is 3580. The number of hydrogen-bond donors (Lipinski definition) is 0. The smallest absolute Gasteiger partial charge is 0.143 e. The molecule has 0 amide bonds. The van der Waals surface area contributed by atoms with Gasteiger partial charge in [-0.1, -0.05) is 194 Å². The van der Waals surface area contributed by atoms with E-state index in [1.807, 2.05) is 12.1 Å². The molecule has 0 atom stereocenters. The summed E-state index contributed by atoms with van der Waals surface area (Å²) < 4.78 is 8.92. The second-order valence-corrected chi connectivity index (χ2v) is 16.0. The predicted octanol–water partition coefficient (Wildman–Crippen LogP) is 16.8. The van der Waals surface area contributed by atoms with Gasteiger partial charge in [-0.25, -0.2) is 0 Å². The van der Waals surface area contributed by atoms with Crippen molar-refractivity contribution in [2.45, 2.75) is 0 Å². The van der Waals surface area contributed by atoms with E-state index in [1.54, 1.807) is 0 Å².